The SMILES string of the molecule is O=Cc1ccc(S[C@@H]2O[C@H](CO)[C@@H](O)[C@H](O)[C@H]2O)cc1. The maximum atomic E-state index is 10.6. The predicted octanol–water partition coefficient (Wildman–Crippen LogP) is -0.609. The molecule has 1 aromatic carbocycles. The minimum Gasteiger partial charge on any atom is -0.394 e. The molecular weight excluding hydrogens is 284 g/mol. The van der Waals surface area contributed by atoms with E-state index in [1.54, 1.807) is 24.3 Å². The van der Waals surface area contributed by atoms with Crippen LogP contribution in [0.5, 0.6) is 0 Å². The van der Waals surface area contributed by atoms with Crippen molar-refractivity contribution in [2.45, 2.75) is 34.7 Å². The zero-order chi connectivity index (χ0) is 14.7. The van der Waals surface area contributed by atoms with Crippen LogP contribution in [0.25, 0.3) is 0 Å². The van der Waals surface area contributed by atoms with Gasteiger partial charge in [-0.3, -0.25) is 4.79 Å². The van der Waals surface area contributed by atoms with Gasteiger partial charge in [0, 0.05) is 10.5 Å². The monoisotopic (exact) mass is 300 g/mol. The molecule has 7 heteroatoms. The van der Waals surface area contributed by atoms with Crippen LogP contribution in [0.15, 0.2) is 29.2 Å². The van der Waals surface area contributed by atoms with Crippen molar-refractivity contribution in [3.05, 3.63) is 29.8 Å². The molecule has 1 heterocycles. The third kappa shape index (κ3) is 3.20. The number of ether oxygens (including phenoxy) is 1. The number of aldehydes is 1. The van der Waals surface area contributed by atoms with E-state index in [9.17, 15) is 20.1 Å². The molecule has 0 saturated carbocycles. The lowest BCUT2D eigenvalue weighted by molar-refractivity contribution is -0.205. The molecule has 0 amide bonds. The Labute approximate surface area is 120 Å². The van der Waals surface area contributed by atoms with E-state index in [1.807, 2.05) is 0 Å². The van der Waals surface area contributed by atoms with Gasteiger partial charge in [0.25, 0.3) is 0 Å². The van der Waals surface area contributed by atoms with Gasteiger partial charge < -0.3 is 25.2 Å². The van der Waals surface area contributed by atoms with Crippen molar-refractivity contribution < 1.29 is 30.0 Å². The molecule has 1 saturated heterocycles. The van der Waals surface area contributed by atoms with E-state index in [0.717, 1.165) is 22.9 Å². The summed E-state index contributed by atoms with van der Waals surface area (Å²) in [6.07, 6.45) is -4.21. The molecule has 1 aromatic rings. The topological polar surface area (TPSA) is 107 Å². The highest BCUT2D eigenvalue weighted by atomic mass is 32.2. The van der Waals surface area contributed by atoms with E-state index in [1.165, 1.54) is 0 Å². The van der Waals surface area contributed by atoms with Crippen molar-refractivity contribution >= 4 is 18.0 Å². The second kappa shape index (κ2) is 6.66. The van der Waals surface area contributed by atoms with Crippen LogP contribution in [0, 0.1) is 0 Å². The van der Waals surface area contributed by atoms with Crippen LogP contribution >= 0.6 is 11.8 Å². The summed E-state index contributed by atoms with van der Waals surface area (Å²) < 4.78 is 5.37. The molecule has 2 rings (SSSR count). The Hall–Kier alpha value is -0.960. The second-order valence-corrected chi connectivity index (χ2v) is 5.67. The summed E-state index contributed by atoms with van der Waals surface area (Å²) in [5.41, 5.74) is -0.282. The third-order valence-electron chi connectivity index (χ3n) is 3.12. The quantitative estimate of drug-likeness (QED) is 0.550. The van der Waals surface area contributed by atoms with Gasteiger partial charge in [-0.2, -0.15) is 0 Å². The molecule has 1 aliphatic rings. The zero-order valence-corrected chi connectivity index (χ0v) is 11.3. The maximum Gasteiger partial charge on any atom is 0.150 e. The first-order valence-electron chi connectivity index (χ1n) is 6.09. The Balaban J connectivity index is 2.08. The third-order valence-corrected chi connectivity index (χ3v) is 4.28. The number of hydrogen-bond acceptors (Lipinski definition) is 7. The van der Waals surface area contributed by atoms with Gasteiger partial charge in [0.15, 0.2) is 0 Å². The Morgan fingerprint density at radius 1 is 1.10 bits per heavy atom. The standard InChI is InChI=1S/C13H16O6S/c14-5-7-1-3-8(4-2-7)20-13-12(18)11(17)10(16)9(6-15)19-13/h1-5,9-13,15-18H,6H2/t9-,10-,11+,12-,13+/m1/s1. The summed E-state index contributed by atoms with van der Waals surface area (Å²) in [6.45, 7) is -0.452. The number of benzene rings is 1. The van der Waals surface area contributed by atoms with Crippen molar-refractivity contribution in [2.24, 2.45) is 0 Å². The van der Waals surface area contributed by atoms with Crippen LogP contribution in [0.3, 0.4) is 0 Å². The van der Waals surface area contributed by atoms with Gasteiger partial charge in [-0.1, -0.05) is 23.9 Å². The van der Waals surface area contributed by atoms with Crippen LogP contribution in [0.1, 0.15) is 10.4 Å². The summed E-state index contributed by atoms with van der Waals surface area (Å²) in [4.78, 5) is 11.3. The smallest absolute Gasteiger partial charge is 0.150 e. The van der Waals surface area contributed by atoms with Crippen molar-refractivity contribution in [1.29, 1.82) is 0 Å². The second-order valence-electron chi connectivity index (χ2n) is 4.50. The minimum atomic E-state index is -1.38. The first kappa shape index (κ1) is 15.4. The molecule has 0 unspecified atom stereocenters. The first-order chi connectivity index (χ1) is 9.56. The molecule has 0 bridgehead atoms. The van der Waals surface area contributed by atoms with Crippen LogP contribution in [0.2, 0.25) is 0 Å². The fourth-order valence-electron chi connectivity index (χ4n) is 1.92. The molecule has 1 aliphatic heterocycles. The number of rotatable bonds is 4. The Kier molecular flexibility index (Phi) is 5.14. The van der Waals surface area contributed by atoms with Crippen LogP contribution < -0.4 is 0 Å². The molecule has 4 N–H and O–H groups in total. The van der Waals surface area contributed by atoms with E-state index in [-0.39, 0.29) is 0 Å². The number of hydrogen-bond donors (Lipinski definition) is 4. The Morgan fingerprint density at radius 2 is 1.75 bits per heavy atom. The molecule has 1 fully saturated rings. The molecule has 0 aromatic heterocycles. The molecule has 6 nitrogen and oxygen atoms in total. The lowest BCUT2D eigenvalue weighted by Crippen LogP contribution is -2.57. The van der Waals surface area contributed by atoms with Gasteiger partial charge in [-0.05, 0) is 12.1 Å². The summed E-state index contributed by atoms with van der Waals surface area (Å²) in [5.74, 6) is 0. The number of carbonyl (C=O) groups excluding carboxylic acids is 1. The van der Waals surface area contributed by atoms with Gasteiger partial charge in [-0.25, -0.2) is 0 Å². The average molecular weight is 300 g/mol. The average Bonchev–Trinajstić information content (AvgIpc) is 2.48. The van der Waals surface area contributed by atoms with Crippen molar-refractivity contribution in [1.82, 2.24) is 0 Å². The van der Waals surface area contributed by atoms with E-state index < -0.39 is 36.5 Å². The molecule has 0 spiro atoms. The Morgan fingerprint density at radius 3 is 2.30 bits per heavy atom. The zero-order valence-electron chi connectivity index (χ0n) is 10.5. The summed E-state index contributed by atoms with van der Waals surface area (Å²) in [5, 5.41) is 38.3. The van der Waals surface area contributed by atoms with Gasteiger partial charge in [0.05, 0.1) is 6.61 Å². The highest BCUT2D eigenvalue weighted by Crippen LogP contribution is 2.33. The number of aliphatic hydroxyl groups is 4. The fourth-order valence-corrected chi connectivity index (χ4v) is 2.98. The molecule has 5 atom stereocenters. The molecular formula is C13H16O6S. The molecule has 0 radical (unpaired) electrons. The normalized spacial score (nSPS) is 33.9. The van der Waals surface area contributed by atoms with Gasteiger partial charge in [-0.15, -0.1) is 0 Å². The van der Waals surface area contributed by atoms with Crippen LogP contribution in [-0.4, -0.2) is 63.2 Å². The van der Waals surface area contributed by atoms with Crippen LogP contribution in [-0.2, 0) is 4.74 Å². The molecule has 20 heavy (non-hydrogen) atoms. The predicted molar refractivity (Wildman–Crippen MR) is 71.5 cm³/mol. The minimum absolute atomic E-state index is 0.452. The van der Waals surface area contributed by atoms with E-state index in [0.29, 0.717) is 5.56 Å². The first-order valence-corrected chi connectivity index (χ1v) is 6.97. The summed E-state index contributed by atoms with van der Waals surface area (Å²) >= 11 is 1.15. The lowest BCUT2D eigenvalue weighted by Gasteiger charge is -2.39. The van der Waals surface area contributed by atoms with Gasteiger partial charge in [0.1, 0.15) is 36.1 Å². The van der Waals surface area contributed by atoms with E-state index in [2.05, 4.69) is 0 Å². The fraction of sp³-hybridized carbons (Fsp3) is 0.462. The Bertz CT molecular complexity index is 449. The van der Waals surface area contributed by atoms with E-state index in [4.69, 9.17) is 9.84 Å². The van der Waals surface area contributed by atoms with Gasteiger partial charge in [0.2, 0.25) is 0 Å². The summed E-state index contributed by atoms with van der Waals surface area (Å²) in [7, 11) is 0. The van der Waals surface area contributed by atoms with Crippen molar-refractivity contribution in [2.75, 3.05) is 6.61 Å². The van der Waals surface area contributed by atoms with E-state index >= 15 is 0 Å². The van der Waals surface area contributed by atoms with Crippen molar-refractivity contribution in [3.8, 4) is 0 Å². The number of aliphatic hydroxyl groups excluding tert-OH is 4. The molecule has 110 valence electrons. The number of thioether (sulfide) groups is 1. The maximum absolute atomic E-state index is 10.6. The largest absolute Gasteiger partial charge is 0.394 e. The lowest BCUT2D eigenvalue weighted by atomic mass is 10.0. The van der Waals surface area contributed by atoms with Crippen molar-refractivity contribution in [3.63, 3.8) is 0 Å². The number of carbonyl (C=O) groups is 1. The highest BCUT2D eigenvalue weighted by molar-refractivity contribution is 7.99. The molecule has 0 aliphatic carbocycles. The van der Waals surface area contributed by atoms with Gasteiger partial charge >= 0.3 is 0 Å². The van der Waals surface area contributed by atoms with Crippen LogP contribution in [0.4, 0.5) is 0 Å². The highest BCUT2D eigenvalue weighted by Gasteiger charge is 2.43. The summed E-state index contributed by atoms with van der Waals surface area (Å²) in [6, 6.07) is 6.63.